The third-order valence-corrected chi connectivity index (χ3v) is 7.46. The number of allylic oxidation sites excluding steroid dienone is 1. The van der Waals surface area contributed by atoms with Gasteiger partial charge in [-0.1, -0.05) is 31.8 Å². The Kier molecular flexibility index (Phi) is 6.36. The molecule has 0 aromatic heterocycles. The van der Waals surface area contributed by atoms with Crippen molar-refractivity contribution in [1.82, 2.24) is 0 Å². The Bertz CT molecular complexity index is 205. The van der Waals surface area contributed by atoms with Crippen LogP contribution in [0.5, 0.6) is 0 Å². The molecule has 16 heavy (non-hydrogen) atoms. The summed E-state index contributed by atoms with van der Waals surface area (Å²) in [6.07, 6.45) is 11.9. The summed E-state index contributed by atoms with van der Waals surface area (Å²) in [4.78, 5) is 0. The van der Waals surface area contributed by atoms with Crippen molar-refractivity contribution in [2.45, 2.75) is 76.6 Å². The van der Waals surface area contributed by atoms with Crippen LogP contribution >= 0.6 is 0 Å². The van der Waals surface area contributed by atoms with Gasteiger partial charge in [0, 0.05) is 6.10 Å². The number of hydrogen-bond donors (Lipinski definition) is 0. The summed E-state index contributed by atoms with van der Waals surface area (Å²) >= 11 is 0. The van der Waals surface area contributed by atoms with Gasteiger partial charge in [0.15, 0.2) is 8.32 Å². The second-order valence-corrected chi connectivity index (χ2v) is 9.65. The summed E-state index contributed by atoms with van der Waals surface area (Å²) in [6, 6.07) is 2.77. The van der Waals surface area contributed by atoms with E-state index in [2.05, 4.69) is 20.0 Å². The van der Waals surface area contributed by atoms with Crippen LogP contribution in [0.15, 0.2) is 12.7 Å². The largest absolute Gasteiger partial charge is 0.414 e. The van der Waals surface area contributed by atoms with Crippen LogP contribution in [0.1, 0.15) is 51.9 Å². The van der Waals surface area contributed by atoms with Crippen molar-refractivity contribution in [3.8, 4) is 0 Å². The maximum Gasteiger partial charge on any atom is 0.190 e. The normalized spacial score (nSPS) is 30.2. The summed E-state index contributed by atoms with van der Waals surface area (Å²) < 4.78 is 6.22. The zero-order valence-corrected chi connectivity index (χ0v) is 12.1. The van der Waals surface area contributed by atoms with Gasteiger partial charge in [-0.2, -0.15) is 0 Å². The minimum Gasteiger partial charge on any atom is -0.414 e. The monoisotopic (exact) mass is 240 g/mol. The average molecular weight is 240 g/mol. The fourth-order valence-electron chi connectivity index (χ4n) is 2.69. The highest BCUT2D eigenvalue weighted by molar-refractivity contribution is 6.72. The molecule has 2 heteroatoms. The van der Waals surface area contributed by atoms with Crippen molar-refractivity contribution in [2.75, 3.05) is 0 Å². The third-order valence-electron chi connectivity index (χ3n) is 3.67. The highest BCUT2D eigenvalue weighted by Crippen LogP contribution is 2.30. The molecule has 0 aliphatic carbocycles. The van der Waals surface area contributed by atoms with Gasteiger partial charge in [-0.25, -0.2) is 0 Å². The molecular weight excluding hydrogens is 212 g/mol. The van der Waals surface area contributed by atoms with Gasteiger partial charge in [0.2, 0.25) is 0 Å². The molecule has 0 aromatic rings. The van der Waals surface area contributed by atoms with Crippen LogP contribution in [-0.4, -0.2) is 14.4 Å². The van der Waals surface area contributed by atoms with E-state index in [4.69, 9.17) is 4.43 Å². The number of hydrogen-bond acceptors (Lipinski definition) is 1. The number of unbranched alkanes of at least 4 members (excludes halogenated alkanes) is 4. The lowest BCUT2D eigenvalue weighted by Crippen LogP contribution is -2.41. The van der Waals surface area contributed by atoms with Crippen molar-refractivity contribution >= 4 is 8.32 Å². The van der Waals surface area contributed by atoms with Gasteiger partial charge < -0.3 is 4.43 Å². The molecule has 1 saturated heterocycles. The van der Waals surface area contributed by atoms with Gasteiger partial charge in [0.1, 0.15) is 0 Å². The van der Waals surface area contributed by atoms with Crippen LogP contribution in [0.4, 0.5) is 0 Å². The fourth-order valence-corrected chi connectivity index (χ4v) is 6.22. The maximum absolute atomic E-state index is 6.22. The Morgan fingerprint density at radius 1 is 1.31 bits per heavy atom. The summed E-state index contributed by atoms with van der Waals surface area (Å²) in [6.45, 7) is 8.44. The molecule has 0 bridgehead atoms. The molecule has 0 saturated carbocycles. The zero-order valence-electron chi connectivity index (χ0n) is 11.1. The topological polar surface area (TPSA) is 9.23 Å². The van der Waals surface area contributed by atoms with Crippen molar-refractivity contribution in [2.24, 2.45) is 0 Å². The molecule has 1 aliphatic heterocycles. The van der Waals surface area contributed by atoms with Gasteiger partial charge in [0.25, 0.3) is 0 Å². The lowest BCUT2D eigenvalue weighted by molar-refractivity contribution is 0.175. The Hall–Kier alpha value is -0.0831. The minimum atomic E-state index is -1.29. The maximum atomic E-state index is 6.22. The molecule has 1 heterocycles. The van der Waals surface area contributed by atoms with Gasteiger partial charge >= 0.3 is 0 Å². The highest BCUT2D eigenvalue weighted by Gasteiger charge is 2.33. The van der Waals surface area contributed by atoms with Crippen LogP contribution in [0.3, 0.4) is 0 Å². The molecule has 0 radical (unpaired) electrons. The van der Waals surface area contributed by atoms with Crippen LogP contribution in [0.25, 0.3) is 0 Å². The first-order chi connectivity index (χ1) is 7.66. The van der Waals surface area contributed by atoms with Crippen LogP contribution < -0.4 is 0 Å². The minimum absolute atomic E-state index is 0.534. The molecule has 1 fully saturated rings. The standard InChI is InChI=1S/C14H28OSi/c1-4-5-6-7-8-9-12-16(3)13-10-11-14(2)15-16/h4,14H,1,5-13H2,2-3H3. The van der Waals surface area contributed by atoms with Gasteiger partial charge in [-0.3, -0.25) is 0 Å². The lowest BCUT2D eigenvalue weighted by Gasteiger charge is -2.35. The van der Waals surface area contributed by atoms with E-state index in [1.807, 2.05) is 6.08 Å². The SMILES string of the molecule is C=CCCCCCC[Si]1(C)CCCC(C)O1. The summed E-state index contributed by atoms with van der Waals surface area (Å²) in [5, 5.41) is 0. The molecule has 94 valence electrons. The molecule has 2 atom stereocenters. The van der Waals surface area contributed by atoms with Crippen LogP contribution in [0, 0.1) is 0 Å². The van der Waals surface area contributed by atoms with Gasteiger partial charge in [-0.05, 0) is 44.8 Å². The first-order valence-corrected chi connectivity index (χ1v) is 9.77. The smallest absolute Gasteiger partial charge is 0.190 e. The molecule has 1 rings (SSSR count). The second kappa shape index (κ2) is 7.28. The summed E-state index contributed by atoms with van der Waals surface area (Å²) in [5.74, 6) is 0. The lowest BCUT2D eigenvalue weighted by atomic mass is 10.1. The third kappa shape index (κ3) is 5.31. The first-order valence-electron chi connectivity index (χ1n) is 6.95. The molecule has 2 unspecified atom stereocenters. The zero-order chi connectivity index (χ0) is 11.9. The molecule has 1 aliphatic rings. The Labute approximate surface area is 102 Å². The van der Waals surface area contributed by atoms with E-state index in [1.165, 1.54) is 57.0 Å². The highest BCUT2D eigenvalue weighted by atomic mass is 28.4. The molecule has 0 aromatic carbocycles. The van der Waals surface area contributed by atoms with Crippen molar-refractivity contribution < 1.29 is 4.43 Å². The van der Waals surface area contributed by atoms with Crippen molar-refractivity contribution in [3.05, 3.63) is 12.7 Å². The Morgan fingerprint density at radius 3 is 2.75 bits per heavy atom. The summed E-state index contributed by atoms with van der Waals surface area (Å²) in [7, 11) is -1.29. The number of rotatable bonds is 7. The Morgan fingerprint density at radius 2 is 2.06 bits per heavy atom. The van der Waals surface area contributed by atoms with Gasteiger partial charge in [-0.15, -0.1) is 6.58 Å². The van der Waals surface area contributed by atoms with E-state index >= 15 is 0 Å². The quantitative estimate of drug-likeness (QED) is 0.349. The van der Waals surface area contributed by atoms with Gasteiger partial charge in [0.05, 0.1) is 0 Å². The van der Waals surface area contributed by atoms with E-state index in [9.17, 15) is 0 Å². The average Bonchev–Trinajstić information content (AvgIpc) is 2.23. The first kappa shape index (κ1) is 14.0. The fraction of sp³-hybridized carbons (Fsp3) is 0.857. The van der Waals surface area contributed by atoms with Crippen molar-refractivity contribution in [3.63, 3.8) is 0 Å². The van der Waals surface area contributed by atoms with Crippen LogP contribution in [-0.2, 0) is 4.43 Å². The van der Waals surface area contributed by atoms with Crippen molar-refractivity contribution in [1.29, 1.82) is 0 Å². The van der Waals surface area contributed by atoms with E-state index in [0.29, 0.717) is 6.10 Å². The molecular formula is C14H28OSi. The predicted molar refractivity (Wildman–Crippen MR) is 74.3 cm³/mol. The van der Waals surface area contributed by atoms with Crippen LogP contribution in [0.2, 0.25) is 18.6 Å². The van der Waals surface area contributed by atoms with E-state index in [0.717, 1.165) is 0 Å². The van der Waals surface area contributed by atoms with E-state index < -0.39 is 8.32 Å². The summed E-state index contributed by atoms with van der Waals surface area (Å²) in [5.41, 5.74) is 0. The van der Waals surface area contributed by atoms with E-state index in [-0.39, 0.29) is 0 Å². The molecule has 1 nitrogen and oxygen atoms in total. The molecule has 0 spiro atoms. The molecule has 0 N–H and O–H groups in total. The Balaban J connectivity index is 2.08. The van der Waals surface area contributed by atoms with E-state index in [1.54, 1.807) is 0 Å². The second-order valence-electron chi connectivity index (χ2n) is 5.51. The molecule has 0 amide bonds. The predicted octanol–water partition coefficient (Wildman–Crippen LogP) is 4.90.